The molecule has 21 heavy (non-hydrogen) atoms. The van der Waals surface area contributed by atoms with E-state index >= 15 is 0 Å². The van der Waals surface area contributed by atoms with Crippen molar-refractivity contribution in [3.63, 3.8) is 0 Å². The second kappa shape index (κ2) is 5.73. The van der Waals surface area contributed by atoms with Gasteiger partial charge in [-0.2, -0.15) is 0 Å². The lowest BCUT2D eigenvalue weighted by atomic mass is 10.1. The van der Waals surface area contributed by atoms with Gasteiger partial charge in [-0.05, 0) is 12.6 Å². The molecule has 1 fully saturated rings. The Bertz CT molecular complexity index is 603. The normalized spacial score (nSPS) is 19.9. The molecule has 2 aromatic rings. The van der Waals surface area contributed by atoms with E-state index in [1.54, 1.807) is 12.4 Å². The first-order valence-electron chi connectivity index (χ1n) is 7.34. The number of hydrogen-bond donors (Lipinski definition) is 1. The van der Waals surface area contributed by atoms with Crippen molar-refractivity contribution in [3.05, 3.63) is 42.2 Å². The monoisotopic (exact) mass is 287 g/mol. The lowest BCUT2D eigenvalue weighted by Gasteiger charge is -2.40. The van der Waals surface area contributed by atoms with Gasteiger partial charge in [0, 0.05) is 51.5 Å². The highest BCUT2D eigenvalue weighted by atomic mass is 16.2. The number of carbonyl (C=O) groups excluding carboxylic acids is 1. The second-order valence-electron chi connectivity index (χ2n) is 5.39. The van der Waals surface area contributed by atoms with Crippen molar-refractivity contribution in [2.45, 2.75) is 13.0 Å². The summed E-state index contributed by atoms with van der Waals surface area (Å²) < 4.78 is 2.04. The molecule has 3 heterocycles. The number of amides is 1. The Balaban J connectivity index is 1.81. The van der Waals surface area contributed by atoms with E-state index in [-0.39, 0.29) is 11.9 Å². The van der Waals surface area contributed by atoms with Crippen molar-refractivity contribution in [2.24, 2.45) is 7.05 Å². The standard InChI is InChI=1S/C15H21N5O/c1-3-19-8-9-20(15(21)12-4-5-16-10-12)11-13(19)14-17-6-7-18(14)2/h4-7,10,13,16H,3,8-9,11H2,1-2H3. The summed E-state index contributed by atoms with van der Waals surface area (Å²) in [6.45, 7) is 5.44. The Labute approximate surface area is 124 Å². The summed E-state index contributed by atoms with van der Waals surface area (Å²) in [4.78, 5) is 24.2. The minimum absolute atomic E-state index is 0.0891. The molecule has 2 aromatic heterocycles. The third kappa shape index (κ3) is 2.58. The van der Waals surface area contributed by atoms with Crippen molar-refractivity contribution in [1.82, 2.24) is 24.3 Å². The molecule has 6 nitrogen and oxygen atoms in total. The number of aryl methyl sites for hydroxylation is 1. The first kappa shape index (κ1) is 13.9. The maximum absolute atomic E-state index is 12.5. The summed E-state index contributed by atoms with van der Waals surface area (Å²) in [5.41, 5.74) is 0.721. The van der Waals surface area contributed by atoms with Gasteiger partial charge in [0.05, 0.1) is 11.6 Å². The molecule has 0 aromatic carbocycles. The van der Waals surface area contributed by atoms with Crippen LogP contribution in [0.1, 0.15) is 29.1 Å². The van der Waals surface area contributed by atoms with E-state index in [9.17, 15) is 4.79 Å². The third-order valence-electron chi connectivity index (χ3n) is 4.19. The average Bonchev–Trinajstić information content (AvgIpc) is 3.17. The quantitative estimate of drug-likeness (QED) is 0.925. The van der Waals surface area contributed by atoms with E-state index in [1.807, 2.05) is 35.0 Å². The van der Waals surface area contributed by atoms with Crippen molar-refractivity contribution < 1.29 is 4.79 Å². The van der Waals surface area contributed by atoms with E-state index in [2.05, 4.69) is 21.8 Å². The Hall–Kier alpha value is -2.08. The van der Waals surface area contributed by atoms with Gasteiger partial charge in [-0.25, -0.2) is 4.98 Å². The van der Waals surface area contributed by atoms with Crippen LogP contribution in [0, 0.1) is 0 Å². The number of aromatic amines is 1. The zero-order chi connectivity index (χ0) is 14.8. The highest BCUT2D eigenvalue weighted by molar-refractivity contribution is 5.94. The van der Waals surface area contributed by atoms with E-state index in [0.29, 0.717) is 6.54 Å². The fourth-order valence-electron chi connectivity index (χ4n) is 2.97. The molecule has 1 aliphatic heterocycles. The van der Waals surface area contributed by atoms with Crippen molar-refractivity contribution in [1.29, 1.82) is 0 Å². The zero-order valence-electron chi connectivity index (χ0n) is 12.5. The molecule has 0 radical (unpaired) electrons. The van der Waals surface area contributed by atoms with Gasteiger partial charge in [-0.1, -0.05) is 6.92 Å². The van der Waals surface area contributed by atoms with Crippen LogP contribution in [0.25, 0.3) is 0 Å². The lowest BCUT2D eigenvalue weighted by Crippen LogP contribution is -2.50. The van der Waals surface area contributed by atoms with Gasteiger partial charge in [0.1, 0.15) is 5.82 Å². The molecule has 1 N–H and O–H groups in total. The minimum atomic E-state index is 0.0891. The van der Waals surface area contributed by atoms with Crippen LogP contribution < -0.4 is 0 Å². The number of aromatic nitrogens is 3. The molecular weight excluding hydrogens is 266 g/mol. The molecule has 3 rings (SSSR count). The van der Waals surface area contributed by atoms with Crippen molar-refractivity contribution in [3.8, 4) is 0 Å². The number of carbonyl (C=O) groups is 1. The summed E-state index contributed by atoms with van der Waals surface area (Å²) in [6, 6.07) is 1.98. The van der Waals surface area contributed by atoms with Crippen LogP contribution in [0.3, 0.4) is 0 Å². The number of rotatable bonds is 3. The van der Waals surface area contributed by atoms with E-state index in [0.717, 1.165) is 31.0 Å². The van der Waals surface area contributed by atoms with Crippen LogP contribution in [0.5, 0.6) is 0 Å². The zero-order valence-corrected chi connectivity index (χ0v) is 12.5. The maximum Gasteiger partial charge on any atom is 0.255 e. The van der Waals surface area contributed by atoms with Crippen LogP contribution in [0.2, 0.25) is 0 Å². The Kier molecular flexibility index (Phi) is 3.79. The summed E-state index contributed by atoms with van der Waals surface area (Å²) in [5, 5.41) is 0. The van der Waals surface area contributed by atoms with Crippen LogP contribution in [0.15, 0.2) is 30.9 Å². The number of likely N-dealkylation sites (N-methyl/N-ethyl adjacent to an activating group) is 1. The molecular formula is C15H21N5O. The van der Waals surface area contributed by atoms with Crippen LogP contribution in [-0.4, -0.2) is 56.4 Å². The topological polar surface area (TPSA) is 57.2 Å². The predicted octanol–water partition coefficient (Wildman–Crippen LogP) is 1.27. The summed E-state index contributed by atoms with van der Waals surface area (Å²) in [5.74, 6) is 1.11. The summed E-state index contributed by atoms with van der Waals surface area (Å²) in [6.07, 6.45) is 7.31. The summed E-state index contributed by atoms with van der Waals surface area (Å²) >= 11 is 0. The predicted molar refractivity (Wildman–Crippen MR) is 79.9 cm³/mol. The number of piperazine rings is 1. The number of nitrogens with one attached hydrogen (secondary N) is 1. The van der Waals surface area contributed by atoms with Gasteiger partial charge in [0.2, 0.25) is 0 Å². The Morgan fingerprint density at radius 1 is 1.48 bits per heavy atom. The second-order valence-corrected chi connectivity index (χ2v) is 5.39. The van der Waals surface area contributed by atoms with Gasteiger partial charge in [-0.15, -0.1) is 0 Å². The number of hydrogen-bond acceptors (Lipinski definition) is 3. The molecule has 6 heteroatoms. The van der Waals surface area contributed by atoms with E-state index in [1.165, 1.54) is 0 Å². The average molecular weight is 287 g/mol. The van der Waals surface area contributed by atoms with E-state index in [4.69, 9.17) is 0 Å². The maximum atomic E-state index is 12.5. The fourth-order valence-corrected chi connectivity index (χ4v) is 2.97. The summed E-state index contributed by atoms with van der Waals surface area (Å²) in [7, 11) is 2.00. The van der Waals surface area contributed by atoms with Crippen LogP contribution in [0.4, 0.5) is 0 Å². The van der Waals surface area contributed by atoms with Gasteiger partial charge in [0.25, 0.3) is 5.91 Å². The van der Waals surface area contributed by atoms with Crippen molar-refractivity contribution >= 4 is 5.91 Å². The number of H-pyrrole nitrogens is 1. The van der Waals surface area contributed by atoms with Crippen molar-refractivity contribution in [2.75, 3.05) is 26.2 Å². The Morgan fingerprint density at radius 3 is 2.95 bits per heavy atom. The number of nitrogens with zero attached hydrogens (tertiary/aromatic N) is 4. The molecule has 1 saturated heterocycles. The molecule has 1 amide bonds. The Morgan fingerprint density at radius 2 is 2.33 bits per heavy atom. The van der Waals surface area contributed by atoms with Gasteiger partial charge in [0.15, 0.2) is 0 Å². The van der Waals surface area contributed by atoms with Gasteiger partial charge >= 0.3 is 0 Å². The highest BCUT2D eigenvalue weighted by Crippen LogP contribution is 2.24. The lowest BCUT2D eigenvalue weighted by molar-refractivity contribution is 0.0473. The van der Waals surface area contributed by atoms with Crippen LogP contribution >= 0.6 is 0 Å². The fraction of sp³-hybridized carbons (Fsp3) is 0.467. The molecule has 1 unspecified atom stereocenters. The molecule has 1 atom stereocenters. The SMILES string of the molecule is CCN1CCN(C(=O)c2cc[nH]c2)CC1c1nccn1C. The number of imidazole rings is 1. The van der Waals surface area contributed by atoms with Crippen LogP contribution in [-0.2, 0) is 7.05 Å². The minimum Gasteiger partial charge on any atom is -0.367 e. The van der Waals surface area contributed by atoms with Gasteiger partial charge < -0.3 is 14.5 Å². The first-order valence-corrected chi connectivity index (χ1v) is 7.34. The largest absolute Gasteiger partial charge is 0.367 e. The molecule has 1 aliphatic rings. The molecule has 0 aliphatic carbocycles. The molecule has 0 spiro atoms. The highest BCUT2D eigenvalue weighted by Gasteiger charge is 2.32. The first-order chi connectivity index (χ1) is 10.2. The smallest absolute Gasteiger partial charge is 0.255 e. The van der Waals surface area contributed by atoms with Gasteiger partial charge in [-0.3, -0.25) is 9.69 Å². The molecule has 0 bridgehead atoms. The molecule has 112 valence electrons. The third-order valence-corrected chi connectivity index (χ3v) is 4.19. The van der Waals surface area contributed by atoms with E-state index < -0.39 is 0 Å². The molecule has 0 saturated carbocycles.